The SMILES string of the molecule is C[C@H](NC(=O)OC(C)(C)C)c1nc2cccc(Cl)c2c(=O)n1-c1cccc(NC(=O)NCC(C)(C)CO)c1. The van der Waals surface area contributed by atoms with Gasteiger partial charge in [0.2, 0.25) is 0 Å². The highest BCUT2D eigenvalue weighted by Crippen LogP contribution is 2.24. The average molecular weight is 544 g/mol. The molecule has 3 rings (SSSR count). The Kier molecular flexibility index (Phi) is 8.68. The van der Waals surface area contributed by atoms with Gasteiger partial charge in [0.1, 0.15) is 11.4 Å². The van der Waals surface area contributed by atoms with Crippen LogP contribution in [0.25, 0.3) is 16.6 Å². The maximum atomic E-state index is 13.7. The van der Waals surface area contributed by atoms with Gasteiger partial charge < -0.3 is 25.8 Å². The molecule has 0 unspecified atom stereocenters. The molecule has 0 bridgehead atoms. The van der Waals surface area contributed by atoms with Crippen molar-refractivity contribution in [3.8, 4) is 5.69 Å². The van der Waals surface area contributed by atoms with Crippen LogP contribution in [0.3, 0.4) is 0 Å². The normalized spacial score (nSPS) is 12.6. The molecule has 204 valence electrons. The van der Waals surface area contributed by atoms with Gasteiger partial charge in [0.15, 0.2) is 0 Å². The summed E-state index contributed by atoms with van der Waals surface area (Å²) < 4.78 is 6.73. The molecule has 4 N–H and O–H groups in total. The number of amides is 3. The number of alkyl carbamates (subject to hydrolysis) is 1. The highest BCUT2D eigenvalue weighted by atomic mass is 35.5. The predicted octanol–water partition coefficient (Wildman–Crippen LogP) is 4.76. The number of fused-ring (bicyclic) bond motifs is 1. The van der Waals surface area contributed by atoms with Crippen LogP contribution < -0.4 is 21.5 Å². The number of carbonyl (C=O) groups is 2. The van der Waals surface area contributed by atoms with Crippen molar-refractivity contribution in [2.75, 3.05) is 18.5 Å². The Morgan fingerprint density at radius 3 is 2.47 bits per heavy atom. The lowest BCUT2D eigenvalue weighted by Crippen LogP contribution is -2.38. The van der Waals surface area contributed by atoms with Crippen LogP contribution in [-0.2, 0) is 4.74 Å². The second-order valence-corrected chi connectivity index (χ2v) is 11.2. The fourth-order valence-electron chi connectivity index (χ4n) is 3.57. The van der Waals surface area contributed by atoms with Crippen molar-refractivity contribution in [1.29, 1.82) is 0 Å². The number of aliphatic hydroxyl groups is 1. The smallest absolute Gasteiger partial charge is 0.408 e. The molecule has 3 amide bonds. The summed E-state index contributed by atoms with van der Waals surface area (Å²) in [4.78, 5) is 43.3. The third-order valence-corrected chi connectivity index (χ3v) is 5.83. The lowest BCUT2D eigenvalue weighted by molar-refractivity contribution is 0.0505. The van der Waals surface area contributed by atoms with E-state index in [1.165, 1.54) is 4.57 Å². The van der Waals surface area contributed by atoms with E-state index in [1.54, 1.807) is 70.2 Å². The fraction of sp³-hybridized carbons (Fsp3) is 0.407. The zero-order valence-electron chi connectivity index (χ0n) is 22.4. The summed E-state index contributed by atoms with van der Waals surface area (Å²) >= 11 is 6.37. The number of hydrogen-bond acceptors (Lipinski definition) is 6. The number of rotatable bonds is 7. The molecule has 11 heteroatoms. The summed E-state index contributed by atoms with van der Waals surface area (Å²) in [7, 11) is 0. The Morgan fingerprint density at radius 1 is 1.13 bits per heavy atom. The van der Waals surface area contributed by atoms with E-state index < -0.39 is 34.7 Å². The number of anilines is 1. The summed E-state index contributed by atoms with van der Waals surface area (Å²) in [5, 5.41) is 18.1. The minimum absolute atomic E-state index is 0.0818. The van der Waals surface area contributed by atoms with Crippen LogP contribution in [0.4, 0.5) is 15.3 Å². The molecule has 1 aromatic heterocycles. The van der Waals surface area contributed by atoms with Gasteiger partial charge in [-0.25, -0.2) is 14.6 Å². The number of halogens is 1. The monoisotopic (exact) mass is 543 g/mol. The molecule has 1 atom stereocenters. The van der Waals surface area contributed by atoms with E-state index in [0.29, 0.717) is 16.9 Å². The second-order valence-electron chi connectivity index (χ2n) is 10.8. The molecule has 0 saturated carbocycles. The number of ether oxygens (including phenoxy) is 1. The first-order valence-electron chi connectivity index (χ1n) is 12.2. The van der Waals surface area contributed by atoms with Crippen molar-refractivity contribution in [1.82, 2.24) is 20.2 Å². The zero-order chi connectivity index (χ0) is 28.3. The fourth-order valence-corrected chi connectivity index (χ4v) is 3.82. The van der Waals surface area contributed by atoms with Crippen LogP contribution in [0.2, 0.25) is 5.02 Å². The van der Waals surface area contributed by atoms with E-state index in [1.807, 2.05) is 13.8 Å². The van der Waals surface area contributed by atoms with Crippen molar-refractivity contribution in [3.05, 3.63) is 63.7 Å². The highest BCUT2D eigenvalue weighted by molar-refractivity contribution is 6.35. The molecule has 38 heavy (non-hydrogen) atoms. The van der Waals surface area contributed by atoms with Crippen LogP contribution in [0.1, 0.15) is 53.4 Å². The Morgan fingerprint density at radius 2 is 1.82 bits per heavy atom. The molecule has 0 saturated heterocycles. The molecule has 0 aliphatic carbocycles. The molecular formula is C27H34ClN5O5. The number of carbonyl (C=O) groups excluding carboxylic acids is 2. The van der Waals surface area contributed by atoms with Gasteiger partial charge in [-0.1, -0.05) is 37.6 Å². The van der Waals surface area contributed by atoms with Crippen LogP contribution >= 0.6 is 11.6 Å². The first-order valence-corrected chi connectivity index (χ1v) is 12.6. The number of aliphatic hydroxyl groups excluding tert-OH is 1. The molecule has 1 heterocycles. The standard InChI is InChI=1S/C27H34ClN5O5/c1-16(30-25(37)38-26(2,3)4)22-32-20-12-8-11-19(28)21(20)23(35)33(22)18-10-7-9-17(13-18)31-24(36)29-14-27(5,6)15-34/h7-13,16,34H,14-15H2,1-6H3,(H,30,37)(H2,29,31,36)/t16-/m0/s1. The predicted molar refractivity (Wildman–Crippen MR) is 148 cm³/mol. The van der Waals surface area contributed by atoms with Crippen molar-refractivity contribution in [3.63, 3.8) is 0 Å². The minimum atomic E-state index is -0.721. The Balaban J connectivity index is 2.03. The average Bonchev–Trinajstić information content (AvgIpc) is 2.81. The first-order chi connectivity index (χ1) is 17.7. The number of nitrogens with zero attached hydrogens (tertiary/aromatic N) is 2. The number of benzene rings is 2. The summed E-state index contributed by atoms with van der Waals surface area (Å²) in [6.45, 7) is 10.8. The molecule has 0 aliphatic rings. The van der Waals surface area contributed by atoms with E-state index >= 15 is 0 Å². The van der Waals surface area contributed by atoms with Crippen molar-refractivity contribution in [2.24, 2.45) is 5.41 Å². The first kappa shape index (κ1) is 28.9. The number of nitrogens with one attached hydrogen (secondary N) is 3. The number of urea groups is 1. The van der Waals surface area contributed by atoms with Gasteiger partial charge in [0, 0.05) is 24.3 Å². The third kappa shape index (κ3) is 7.23. The molecule has 3 aromatic rings. The quantitative estimate of drug-likeness (QED) is 0.339. The van der Waals surface area contributed by atoms with Crippen LogP contribution in [0, 0.1) is 5.41 Å². The van der Waals surface area contributed by atoms with E-state index in [2.05, 4.69) is 20.9 Å². The number of aromatic nitrogens is 2. The molecule has 0 fully saturated rings. The van der Waals surface area contributed by atoms with Gasteiger partial charge >= 0.3 is 12.1 Å². The molecular weight excluding hydrogens is 510 g/mol. The summed E-state index contributed by atoms with van der Waals surface area (Å²) in [6, 6.07) is 10.5. The van der Waals surface area contributed by atoms with Gasteiger partial charge in [0.05, 0.1) is 27.7 Å². The minimum Gasteiger partial charge on any atom is -0.444 e. The largest absolute Gasteiger partial charge is 0.444 e. The van der Waals surface area contributed by atoms with Crippen LogP contribution in [-0.4, -0.2) is 45.5 Å². The van der Waals surface area contributed by atoms with Gasteiger partial charge in [-0.3, -0.25) is 9.36 Å². The molecule has 0 spiro atoms. The van der Waals surface area contributed by atoms with Crippen LogP contribution in [0.15, 0.2) is 47.3 Å². The number of hydrogen-bond donors (Lipinski definition) is 4. The van der Waals surface area contributed by atoms with Gasteiger partial charge in [0.25, 0.3) is 5.56 Å². The molecule has 0 radical (unpaired) electrons. The summed E-state index contributed by atoms with van der Waals surface area (Å²) in [6.07, 6.45) is -0.658. The van der Waals surface area contributed by atoms with Crippen molar-refractivity contribution in [2.45, 2.75) is 53.2 Å². The van der Waals surface area contributed by atoms with Crippen molar-refractivity contribution >= 4 is 40.3 Å². The Bertz CT molecular complexity index is 1400. The zero-order valence-corrected chi connectivity index (χ0v) is 23.1. The molecule has 10 nitrogen and oxygen atoms in total. The van der Waals surface area contributed by atoms with E-state index in [9.17, 15) is 19.5 Å². The lowest BCUT2D eigenvalue weighted by atomic mass is 9.95. The molecule has 0 aliphatic heterocycles. The molecule has 2 aromatic carbocycles. The second kappa shape index (κ2) is 11.4. The van der Waals surface area contributed by atoms with E-state index in [-0.39, 0.29) is 29.4 Å². The maximum absolute atomic E-state index is 13.7. The van der Waals surface area contributed by atoms with E-state index in [4.69, 9.17) is 16.3 Å². The summed E-state index contributed by atoms with van der Waals surface area (Å²) in [5.74, 6) is 0.252. The maximum Gasteiger partial charge on any atom is 0.408 e. The van der Waals surface area contributed by atoms with E-state index in [0.717, 1.165) is 0 Å². The van der Waals surface area contributed by atoms with Gasteiger partial charge in [-0.05, 0) is 58.0 Å². The van der Waals surface area contributed by atoms with Gasteiger partial charge in [-0.2, -0.15) is 0 Å². The van der Waals surface area contributed by atoms with Crippen LogP contribution in [0.5, 0.6) is 0 Å². The third-order valence-electron chi connectivity index (χ3n) is 5.51. The summed E-state index contributed by atoms with van der Waals surface area (Å²) in [5.41, 5.74) is -0.404. The van der Waals surface area contributed by atoms with Gasteiger partial charge in [-0.15, -0.1) is 0 Å². The topological polar surface area (TPSA) is 135 Å². The van der Waals surface area contributed by atoms with Crippen molar-refractivity contribution < 1.29 is 19.4 Å². The Labute approximate surface area is 226 Å². The lowest BCUT2D eigenvalue weighted by Gasteiger charge is -2.24. The highest BCUT2D eigenvalue weighted by Gasteiger charge is 2.24. The Hall–Kier alpha value is -3.63.